The topological polar surface area (TPSA) is 87.9 Å². The van der Waals surface area contributed by atoms with Crippen molar-refractivity contribution in [2.75, 3.05) is 25.0 Å². The van der Waals surface area contributed by atoms with Crippen LogP contribution in [-0.4, -0.2) is 31.6 Å². The number of amides is 1. The summed E-state index contributed by atoms with van der Waals surface area (Å²) in [6.07, 6.45) is 2.92. The molecule has 0 fully saturated rings. The molecule has 0 saturated carbocycles. The summed E-state index contributed by atoms with van der Waals surface area (Å²) in [5.74, 6) is 2.42. The first-order valence-corrected chi connectivity index (χ1v) is 8.84. The maximum Gasteiger partial charge on any atom is 0.224 e. The maximum atomic E-state index is 11.4. The van der Waals surface area contributed by atoms with Gasteiger partial charge in [0.15, 0.2) is 5.96 Å². The molecule has 2 heterocycles. The molecule has 1 aliphatic rings. The van der Waals surface area contributed by atoms with Crippen LogP contribution in [-0.2, 0) is 17.8 Å². The number of carbonyl (C=O) groups is 1. The minimum absolute atomic E-state index is 0. The number of benzene rings is 1. The van der Waals surface area contributed by atoms with Crippen molar-refractivity contribution < 1.29 is 13.9 Å². The third-order valence-corrected chi connectivity index (χ3v) is 3.95. The molecule has 1 aromatic carbocycles. The van der Waals surface area contributed by atoms with Gasteiger partial charge in [0.1, 0.15) is 24.7 Å². The van der Waals surface area contributed by atoms with Gasteiger partial charge in [-0.1, -0.05) is 0 Å². The Labute approximate surface area is 176 Å². The summed E-state index contributed by atoms with van der Waals surface area (Å²) in [5.41, 5.74) is 2.00. The summed E-state index contributed by atoms with van der Waals surface area (Å²) in [7, 11) is 0. The molecular formula is C19H25IN4O3. The Morgan fingerprint density at radius 1 is 1.30 bits per heavy atom. The molecule has 3 rings (SSSR count). The fraction of sp³-hybridized carbons (Fsp3) is 0.368. The molecule has 8 heteroatoms. The largest absolute Gasteiger partial charge is 0.492 e. The number of anilines is 1. The molecule has 1 aromatic heterocycles. The van der Waals surface area contributed by atoms with E-state index in [1.165, 1.54) is 0 Å². The lowest BCUT2D eigenvalue weighted by Crippen LogP contribution is -2.39. The lowest BCUT2D eigenvalue weighted by atomic mass is 10.0. The van der Waals surface area contributed by atoms with Crippen LogP contribution in [0.4, 0.5) is 5.69 Å². The van der Waals surface area contributed by atoms with Crippen molar-refractivity contribution in [2.45, 2.75) is 26.3 Å². The molecule has 0 saturated heterocycles. The molecule has 0 atom stereocenters. The van der Waals surface area contributed by atoms with E-state index in [-0.39, 0.29) is 29.9 Å². The summed E-state index contributed by atoms with van der Waals surface area (Å²) in [4.78, 5) is 15.9. The van der Waals surface area contributed by atoms with Crippen LogP contribution in [0.1, 0.15) is 24.7 Å². The average Bonchev–Trinajstić information content (AvgIpc) is 3.16. The van der Waals surface area contributed by atoms with E-state index in [9.17, 15) is 4.79 Å². The number of furan rings is 1. The van der Waals surface area contributed by atoms with Gasteiger partial charge in [0.05, 0.1) is 12.8 Å². The molecule has 146 valence electrons. The maximum absolute atomic E-state index is 11.4. The Morgan fingerprint density at radius 2 is 2.19 bits per heavy atom. The molecule has 1 amide bonds. The second-order valence-corrected chi connectivity index (χ2v) is 5.92. The van der Waals surface area contributed by atoms with Crippen LogP contribution < -0.4 is 20.7 Å². The first-order chi connectivity index (χ1) is 12.7. The van der Waals surface area contributed by atoms with Gasteiger partial charge in [0.2, 0.25) is 5.91 Å². The predicted octanol–water partition coefficient (Wildman–Crippen LogP) is 2.92. The minimum Gasteiger partial charge on any atom is -0.492 e. The van der Waals surface area contributed by atoms with Crippen LogP contribution in [0, 0.1) is 0 Å². The van der Waals surface area contributed by atoms with E-state index in [1.807, 2.05) is 37.3 Å². The highest BCUT2D eigenvalue weighted by Gasteiger charge is 2.14. The van der Waals surface area contributed by atoms with E-state index in [0.717, 1.165) is 41.7 Å². The number of aliphatic imine (C=N–C) groups is 1. The Morgan fingerprint density at radius 3 is 2.96 bits per heavy atom. The number of fused-ring (bicyclic) bond motifs is 1. The van der Waals surface area contributed by atoms with Crippen LogP contribution in [0.15, 0.2) is 46.0 Å². The summed E-state index contributed by atoms with van der Waals surface area (Å²) < 4.78 is 11.1. The van der Waals surface area contributed by atoms with Crippen LogP contribution in [0.2, 0.25) is 0 Å². The number of nitrogens with zero attached hydrogens (tertiary/aromatic N) is 1. The van der Waals surface area contributed by atoms with Gasteiger partial charge in [-0.2, -0.15) is 0 Å². The third-order valence-electron chi connectivity index (χ3n) is 3.95. The van der Waals surface area contributed by atoms with Gasteiger partial charge in [-0.3, -0.25) is 4.79 Å². The molecule has 0 unspecified atom stereocenters. The lowest BCUT2D eigenvalue weighted by Gasteiger charge is -2.18. The summed E-state index contributed by atoms with van der Waals surface area (Å²) in [6, 6.07) is 9.51. The number of guanidine groups is 1. The molecule has 0 spiro atoms. The Hall–Kier alpha value is -2.23. The fourth-order valence-corrected chi connectivity index (χ4v) is 2.69. The van der Waals surface area contributed by atoms with E-state index in [0.29, 0.717) is 26.1 Å². The van der Waals surface area contributed by atoms with Gasteiger partial charge in [-0.05, 0) is 49.2 Å². The third kappa shape index (κ3) is 6.46. The van der Waals surface area contributed by atoms with Gasteiger partial charge >= 0.3 is 0 Å². The summed E-state index contributed by atoms with van der Waals surface area (Å²) >= 11 is 0. The van der Waals surface area contributed by atoms with Gasteiger partial charge in [0, 0.05) is 18.7 Å². The Kier molecular flexibility index (Phi) is 8.43. The first-order valence-electron chi connectivity index (χ1n) is 8.84. The number of hydrogen-bond acceptors (Lipinski definition) is 4. The average molecular weight is 484 g/mol. The van der Waals surface area contributed by atoms with Crippen LogP contribution in [0.5, 0.6) is 5.75 Å². The molecule has 27 heavy (non-hydrogen) atoms. The van der Waals surface area contributed by atoms with Crippen molar-refractivity contribution >= 4 is 41.5 Å². The van der Waals surface area contributed by atoms with E-state index in [1.54, 1.807) is 6.26 Å². The zero-order chi connectivity index (χ0) is 18.2. The first kappa shape index (κ1) is 21.1. The van der Waals surface area contributed by atoms with E-state index in [4.69, 9.17) is 9.15 Å². The number of ether oxygens (including phenoxy) is 1. The fourth-order valence-electron chi connectivity index (χ4n) is 2.69. The summed E-state index contributed by atoms with van der Waals surface area (Å²) in [6.45, 7) is 4.42. The zero-order valence-corrected chi connectivity index (χ0v) is 17.6. The molecule has 0 radical (unpaired) electrons. The number of aryl methyl sites for hydroxylation is 1. The second kappa shape index (κ2) is 10.8. The van der Waals surface area contributed by atoms with E-state index >= 15 is 0 Å². The number of halogens is 1. The minimum atomic E-state index is 0. The standard InChI is InChI=1S/C19H24N4O3.HI/c1-2-20-19(22-13-16-4-3-10-25-16)21-9-11-26-15-6-7-17-14(12-15)5-8-18(24)23-17;/h3-4,6-7,10,12H,2,5,8-9,11,13H2,1H3,(H,23,24)(H2,20,21,22);1H. The quantitative estimate of drug-likeness (QED) is 0.244. The highest BCUT2D eigenvalue weighted by atomic mass is 127. The number of nitrogens with one attached hydrogen (secondary N) is 3. The second-order valence-electron chi connectivity index (χ2n) is 5.92. The van der Waals surface area contributed by atoms with Crippen LogP contribution in [0.3, 0.4) is 0 Å². The zero-order valence-electron chi connectivity index (χ0n) is 15.3. The lowest BCUT2D eigenvalue weighted by molar-refractivity contribution is -0.116. The Balaban J connectivity index is 0.00000261. The SMILES string of the molecule is CCNC(=NCc1ccco1)NCCOc1ccc2c(c1)CCC(=O)N2.I. The van der Waals surface area contributed by atoms with E-state index in [2.05, 4.69) is 20.9 Å². The highest BCUT2D eigenvalue weighted by molar-refractivity contribution is 14.0. The smallest absolute Gasteiger partial charge is 0.224 e. The van der Waals surface area contributed by atoms with Crippen molar-refractivity contribution in [1.29, 1.82) is 0 Å². The molecule has 3 N–H and O–H groups in total. The van der Waals surface area contributed by atoms with E-state index < -0.39 is 0 Å². The normalized spacial score (nSPS) is 13.2. The number of rotatable bonds is 7. The van der Waals surface area contributed by atoms with Gasteiger partial charge in [0.25, 0.3) is 0 Å². The van der Waals surface area contributed by atoms with Crippen molar-refractivity contribution in [2.24, 2.45) is 4.99 Å². The van der Waals surface area contributed by atoms with Crippen LogP contribution in [0.25, 0.3) is 0 Å². The Bertz CT molecular complexity index is 762. The molecule has 0 bridgehead atoms. The number of hydrogen-bond donors (Lipinski definition) is 3. The van der Waals surface area contributed by atoms with Gasteiger partial charge in [-0.25, -0.2) is 4.99 Å². The molecule has 2 aromatic rings. The number of carbonyl (C=O) groups excluding carboxylic acids is 1. The van der Waals surface area contributed by atoms with Gasteiger partial charge < -0.3 is 25.1 Å². The van der Waals surface area contributed by atoms with Crippen LogP contribution >= 0.6 is 24.0 Å². The van der Waals surface area contributed by atoms with Crippen molar-refractivity contribution in [3.63, 3.8) is 0 Å². The molecule has 7 nitrogen and oxygen atoms in total. The molecule has 0 aliphatic carbocycles. The van der Waals surface area contributed by atoms with Crippen molar-refractivity contribution in [3.8, 4) is 5.75 Å². The molecular weight excluding hydrogens is 459 g/mol. The molecule has 1 aliphatic heterocycles. The van der Waals surface area contributed by atoms with Crippen molar-refractivity contribution in [1.82, 2.24) is 10.6 Å². The highest BCUT2D eigenvalue weighted by Crippen LogP contribution is 2.26. The predicted molar refractivity (Wildman–Crippen MR) is 116 cm³/mol. The monoisotopic (exact) mass is 484 g/mol. The van der Waals surface area contributed by atoms with Crippen molar-refractivity contribution in [3.05, 3.63) is 47.9 Å². The summed E-state index contributed by atoms with van der Waals surface area (Å²) in [5, 5.41) is 9.30. The van der Waals surface area contributed by atoms with Gasteiger partial charge in [-0.15, -0.1) is 24.0 Å².